The maximum Gasteiger partial charge on any atom is 0.221 e. The SMILES string of the molecule is CC(Cc1ccc(O)cc1)NC(=O)CC(c1ccccc1)c1ccccc1. The van der Waals surface area contributed by atoms with E-state index in [-0.39, 0.29) is 23.6 Å². The van der Waals surface area contributed by atoms with Gasteiger partial charge in [0.05, 0.1) is 0 Å². The molecular weight excluding hydrogens is 334 g/mol. The van der Waals surface area contributed by atoms with Crippen molar-refractivity contribution in [3.63, 3.8) is 0 Å². The van der Waals surface area contributed by atoms with Crippen LogP contribution in [0, 0.1) is 0 Å². The van der Waals surface area contributed by atoms with Crippen molar-refractivity contribution in [2.75, 3.05) is 0 Å². The number of aromatic hydroxyl groups is 1. The standard InChI is InChI=1S/C24H25NO2/c1-18(16-19-12-14-22(26)15-13-19)25-24(27)17-23(20-8-4-2-5-9-20)21-10-6-3-7-11-21/h2-15,18,23,26H,16-17H2,1H3,(H,25,27). The Kier molecular flexibility index (Phi) is 6.26. The van der Waals surface area contributed by atoms with Crippen LogP contribution in [0.5, 0.6) is 5.75 Å². The van der Waals surface area contributed by atoms with Crippen LogP contribution in [0.2, 0.25) is 0 Å². The maximum atomic E-state index is 12.7. The number of benzene rings is 3. The lowest BCUT2D eigenvalue weighted by molar-refractivity contribution is -0.121. The zero-order valence-corrected chi connectivity index (χ0v) is 15.5. The molecule has 3 nitrogen and oxygen atoms in total. The predicted molar refractivity (Wildman–Crippen MR) is 109 cm³/mol. The maximum absolute atomic E-state index is 12.7. The molecule has 0 heterocycles. The molecule has 0 bridgehead atoms. The van der Waals surface area contributed by atoms with Gasteiger partial charge in [0.15, 0.2) is 0 Å². The number of amides is 1. The van der Waals surface area contributed by atoms with E-state index < -0.39 is 0 Å². The van der Waals surface area contributed by atoms with E-state index in [0.717, 1.165) is 23.1 Å². The second-order valence-corrected chi connectivity index (χ2v) is 6.92. The molecule has 1 unspecified atom stereocenters. The molecule has 138 valence electrons. The van der Waals surface area contributed by atoms with Gasteiger partial charge in [0.1, 0.15) is 5.75 Å². The molecule has 1 amide bonds. The molecule has 0 fully saturated rings. The number of hydrogen-bond donors (Lipinski definition) is 2. The third-order valence-electron chi connectivity index (χ3n) is 4.68. The first-order valence-electron chi connectivity index (χ1n) is 9.29. The van der Waals surface area contributed by atoms with Crippen LogP contribution in [-0.2, 0) is 11.2 Å². The summed E-state index contributed by atoms with van der Waals surface area (Å²) in [5.41, 5.74) is 3.37. The van der Waals surface area contributed by atoms with Crippen molar-refractivity contribution in [2.24, 2.45) is 0 Å². The smallest absolute Gasteiger partial charge is 0.221 e. The van der Waals surface area contributed by atoms with Crippen LogP contribution in [0.15, 0.2) is 84.9 Å². The van der Waals surface area contributed by atoms with Gasteiger partial charge in [-0.05, 0) is 42.2 Å². The Morgan fingerprint density at radius 1 is 0.852 bits per heavy atom. The average Bonchev–Trinajstić information content (AvgIpc) is 2.69. The lowest BCUT2D eigenvalue weighted by Gasteiger charge is -2.20. The quantitative estimate of drug-likeness (QED) is 0.644. The summed E-state index contributed by atoms with van der Waals surface area (Å²) in [6.07, 6.45) is 1.14. The zero-order valence-electron chi connectivity index (χ0n) is 15.5. The molecule has 0 aliphatic rings. The molecule has 3 heteroatoms. The predicted octanol–water partition coefficient (Wildman–Crippen LogP) is 4.66. The summed E-state index contributed by atoms with van der Waals surface area (Å²) in [4.78, 5) is 12.7. The Hall–Kier alpha value is -3.07. The molecule has 0 radical (unpaired) electrons. The van der Waals surface area contributed by atoms with Gasteiger partial charge < -0.3 is 10.4 Å². The Morgan fingerprint density at radius 3 is 1.89 bits per heavy atom. The number of hydrogen-bond acceptors (Lipinski definition) is 2. The van der Waals surface area contributed by atoms with Crippen LogP contribution < -0.4 is 5.32 Å². The van der Waals surface area contributed by atoms with Gasteiger partial charge in [-0.25, -0.2) is 0 Å². The van der Waals surface area contributed by atoms with E-state index in [0.29, 0.717) is 6.42 Å². The Labute approximate surface area is 160 Å². The fourth-order valence-corrected chi connectivity index (χ4v) is 3.35. The van der Waals surface area contributed by atoms with E-state index in [1.807, 2.05) is 55.5 Å². The summed E-state index contributed by atoms with van der Waals surface area (Å²) in [5.74, 6) is 0.330. The number of nitrogens with one attached hydrogen (secondary N) is 1. The van der Waals surface area contributed by atoms with Crippen molar-refractivity contribution < 1.29 is 9.90 Å². The van der Waals surface area contributed by atoms with Gasteiger partial charge in [-0.1, -0.05) is 72.8 Å². The molecule has 0 saturated carbocycles. The van der Waals surface area contributed by atoms with Crippen LogP contribution in [0.25, 0.3) is 0 Å². The topological polar surface area (TPSA) is 49.3 Å². The van der Waals surface area contributed by atoms with Crippen molar-refractivity contribution >= 4 is 5.91 Å². The third kappa shape index (κ3) is 5.45. The Morgan fingerprint density at radius 2 is 1.37 bits per heavy atom. The fourth-order valence-electron chi connectivity index (χ4n) is 3.35. The normalized spacial score (nSPS) is 11.9. The molecule has 0 spiro atoms. The Balaban J connectivity index is 1.66. The number of carbonyl (C=O) groups is 1. The fraction of sp³-hybridized carbons (Fsp3) is 0.208. The second-order valence-electron chi connectivity index (χ2n) is 6.92. The molecule has 3 rings (SSSR count). The summed E-state index contributed by atoms with van der Waals surface area (Å²) in [7, 11) is 0. The van der Waals surface area contributed by atoms with Crippen molar-refractivity contribution in [2.45, 2.75) is 31.7 Å². The molecule has 0 aliphatic heterocycles. The van der Waals surface area contributed by atoms with E-state index in [9.17, 15) is 9.90 Å². The van der Waals surface area contributed by atoms with Crippen LogP contribution in [0.1, 0.15) is 36.0 Å². The van der Waals surface area contributed by atoms with Gasteiger partial charge in [-0.2, -0.15) is 0 Å². The van der Waals surface area contributed by atoms with Gasteiger partial charge in [0, 0.05) is 18.4 Å². The van der Waals surface area contributed by atoms with Crippen molar-refractivity contribution in [3.05, 3.63) is 102 Å². The minimum Gasteiger partial charge on any atom is -0.508 e. The van der Waals surface area contributed by atoms with E-state index >= 15 is 0 Å². The first-order valence-corrected chi connectivity index (χ1v) is 9.29. The summed E-state index contributed by atoms with van der Waals surface area (Å²) >= 11 is 0. The zero-order chi connectivity index (χ0) is 19.1. The molecule has 0 aromatic heterocycles. The average molecular weight is 359 g/mol. The molecule has 1 atom stereocenters. The highest BCUT2D eigenvalue weighted by molar-refractivity contribution is 5.78. The van der Waals surface area contributed by atoms with E-state index in [1.54, 1.807) is 12.1 Å². The largest absolute Gasteiger partial charge is 0.508 e. The van der Waals surface area contributed by atoms with E-state index in [4.69, 9.17) is 0 Å². The lowest BCUT2D eigenvalue weighted by Crippen LogP contribution is -2.35. The van der Waals surface area contributed by atoms with Crippen LogP contribution in [0.4, 0.5) is 0 Å². The first-order chi connectivity index (χ1) is 13.1. The highest BCUT2D eigenvalue weighted by atomic mass is 16.3. The lowest BCUT2D eigenvalue weighted by atomic mass is 9.88. The van der Waals surface area contributed by atoms with E-state index in [2.05, 4.69) is 29.6 Å². The molecule has 3 aromatic carbocycles. The second kappa shape index (κ2) is 9.04. The van der Waals surface area contributed by atoms with Crippen LogP contribution in [-0.4, -0.2) is 17.1 Å². The van der Waals surface area contributed by atoms with Crippen molar-refractivity contribution in [1.29, 1.82) is 0 Å². The molecule has 2 N–H and O–H groups in total. The highest BCUT2D eigenvalue weighted by Crippen LogP contribution is 2.27. The number of phenols is 1. The molecule has 0 saturated heterocycles. The third-order valence-corrected chi connectivity index (χ3v) is 4.68. The molecule has 27 heavy (non-hydrogen) atoms. The van der Waals surface area contributed by atoms with Gasteiger partial charge in [-0.15, -0.1) is 0 Å². The monoisotopic (exact) mass is 359 g/mol. The molecule has 0 aliphatic carbocycles. The minimum atomic E-state index is 0.0224. The van der Waals surface area contributed by atoms with Gasteiger partial charge in [-0.3, -0.25) is 4.79 Å². The number of rotatable bonds is 7. The summed E-state index contributed by atoms with van der Waals surface area (Å²) in [6.45, 7) is 2.00. The highest BCUT2D eigenvalue weighted by Gasteiger charge is 2.19. The van der Waals surface area contributed by atoms with Gasteiger partial charge in [0.25, 0.3) is 0 Å². The first kappa shape index (κ1) is 18.7. The van der Waals surface area contributed by atoms with Crippen LogP contribution in [0.3, 0.4) is 0 Å². The van der Waals surface area contributed by atoms with Crippen LogP contribution >= 0.6 is 0 Å². The Bertz CT molecular complexity index is 805. The van der Waals surface area contributed by atoms with Gasteiger partial charge >= 0.3 is 0 Å². The minimum absolute atomic E-state index is 0.0224. The summed E-state index contributed by atoms with van der Waals surface area (Å²) in [6, 6.07) is 27.5. The summed E-state index contributed by atoms with van der Waals surface area (Å²) < 4.78 is 0. The van der Waals surface area contributed by atoms with Crippen molar-refractivity contribution in [3.8, 4) is 5.75 Å². The summed E-state index contributed by atoms with van der Waals surface area (Å²) in [5, 5.41) is 12.5. The number of phenolic OH excluding ortho intramolecular Hbond substituents is 1. The molecular formula is C24H25NO2. The molecule has 3 aromatic rings. The number of carbonyl (C=O) groups excluding carboxylic acids is 1. The van der Waals surface area contributed by atoms with E-state index in [1.165, 1.54) is 0 Å². The van der Waals surface area contributed by atoms with Gasteiger partial charge in [0.2, 0.25) is 5.91 Å². The van der Waals surface area contributed by atoms with Crippen molar-refractivity contribution in [1.82, 2.24) is 5.32 Å².